The van der Waals surface area contributed by atoms with E-state index in [4.69, 9.17) is 0 Å². The van der Waals surface area contributed by atoms with Gasteiger partial charge in [-0.15, -0.1) is 0 Å². The third-order valence-corrected chi connectivity index (χ3v) is 7.69. The molecular formula is C29H31N5O3. The molecule has 2 aromatic carbocycles. The van der Waals surface area contributed by atoms with Gasteiger partial charge in [0, 0.05) is 47.2 Å². The molecule has 0 unspecified atom stereocenters. The average molecular weight is 498 g/mol. The first kappa shape index (κ1) is 23.5. The van der Waals surface area contributed by atoms with E-state index in [0.717, 1.165) is 59.6 Å². The predicted molar refractivity (Wildman–Crippen MR) is 144 cm³/mol. The molecule has 0 radical (unpaired) electrons. The van der Waals surface area contributed by atoms with Crippen LogP contribution in [0.4, 0.5) is 0 Å². The Bertz CT molecular complexity index is 1530. The van der Waals surface area contributed by atoms with E-state index in [1.54, 1.807) is 6.07 Å². The lowest BCUT2D eigenvalue weighted by Crippen LogP contribution is -2.45. The van der Waals surface area contributed by atoms with Crippen LogP contribution in [0.5, 0.6) is 5.75 Å². The van der Waals surface area contributed by atoms with Crippen LogP contribution in [-0.2, 0) is 0 Å². The summed E-state index contributed by atoms with van der Waals surface area (Å²) in [4.78, 5) is 31.5. The Morgan fingerprint density at radius 2 is 1.76 bits per heavy atom. The number of aryl methyl sites for hydroxylation is 2. The molecule has 2 fully saturated rings. The fraction of sp³-hybridized carbons (Fsp3) is 0.345. The fourth-order valence-corrected chi connectivity index (χ4v) is 5.39. The van der Waals surface area contributed by atoms with Gasteiger partial charge in [0.25, 0.3) is 11.5 Å². The van der Waals surface area contributed by atoms with Gasteiger partial charge in [-0.2, -0.15) is 5.10 Å². The standard InChI is InChI=1S/C29H31N5O3/c1-16-11-19(12-17(2)27(16)35)25-15-23(29(37)33-32-25)26-14-20-13-18(3-6-24(20)31-26)28(36)30-21-7-9-34(10-8-21)22-4-5-22/h3,6,11-15,21-22,31,35H,4-5,7-10H2,1-2H3,(H,30,36)(H,33,37). The smallest absolute Gasteiger partial charge is 0.273 e. The van der Waals surface area contributed by atoms with Gasteiger partial charge in [0.1, 0.15) is 5.75 Å². The van der Waals surface area contributed by atoms with Gasteiger partial charge >= 0.3 is 0 Å². The maximum absolute atomic E-state index is 13.0. The number of piperidine rings is 1. The van der Waals surface area contributed by atoms with Crippen molar-refractivity contribution in [1.29, 1.82) is 0 Å². The van der Waals surface area contributed by atoms with Crippen molar-refractivity contribution in [3.05, 3.63) is 69.5 Å². The Morgan fingerprint density at radius 3 is 2.46 bits per heavy atom. The minimum absolute atomic E-state index is 0.0587. The summed E-state index contributed by atoms with van der Waals surface area (Å²) in [7, 11) is 0. The van der Waals surface area contributed by atoms with Crippen molar-refractivity contribution in [3.63, 3.8) is 0 Å². The first-order valence-corrected chi connectivity index (χ1v) is 12.9. The number of phenols is 1. The van der Waals surface area contributed by atoms with Crippen molar-refractivity contribution < 1.29 is 9.90 Å². The number of aromatic nitrogens is 3. The minimum atomic E-state index is -0.307. The number of nitrogens with one attached hydrogen (secondary N) is 3. The topological polar surface area (TPSA) is 114 Å². The second kappa shape index (κ2) is 9.19. The molecule has 1 amide bonds. The monoisotopic (exact) mass is 497 g/mol. The average Bonchev–Trinajstić information content (AvgIpc) is 3.66. The Labute approximate surface area is 214 Å². The molecule has 4 N–H and O–H groups in total. The molecular weight excluding hydrogens is 466 g/mol. The van der Waals surface area contributed by atoms with Crippen LogP contribution in [0.3, 0.4) is 0 Å². The van der Waals surface area contributed by atoms with Crippen molar-refractivity contribution in [3.8, 4) is 28.3 Å². The molecule has 8 heteroatoms. The zero-order chi connectivity index (χ0) is 25.7. The van der Waals surface area contributed by atoms with Gasteiger partial charge in [0.2, 0.25) is 0 Å². The van der Waals surface area contributed by atoms with Crippen molar-refractivity contribution in [2.24, 2.45) is 0 Å². The zero-order valence-corrected chi connectivity index (χ0v) is 21.1. The second-order valence-electron chi connectivity index (χ2n) is 10.5. The summed E-state index contributed by atoms with van der Waals surface area (Å²) in [6, 6.07) is 13.9. The van der Waals surface area contributed by atoms with E-state index in [2.05, 4.69) is 25.4 Å². The van der Waals surface area contributed by atoms with Crippen LogP contribution >= 0.6 is 0 Å². The highest BCUT2D eigenvalue weighted by Gasteiger charge is 2.32. The molecule has 2 aromatic heterocycles. The Balaban J connectivity index is 1.23. The number of hydrogen-bond acceptors (Lipinski definition) is 5. The number of amides is 1. The number of carbonyl (C=O) groups excluding carboxylic acids is 1. The molecule has 1 aliphatic carbocycles. The summed E-state index contributed by atoms with van der Waals surface area (Å²) in [6.45, 7) is 5.78. The van der Waals surface area contributed by atoms with Gasteiger partial charge in [-0.25, -0.2) is 5.10 Å². The van der Waals surface area contributed by atoms with Gasteiger partial charge in [-0.1, -0.05) is 0 Å². The molecule has 8 nitrogen and oxygen atoms in total. The minimum Gasteiger partial charge on any atom is -0.507 e. The number of likely N-dealkylation sites (tertiary alicyclic amines) is 1. The number of H-pyrrole nitrogens is 2. The normalized spacial score (nSPS) is 16.8. The van der Waals surface area contributed by atoms with Crippen LogP contribution in [0.1, 0.15) is 47.2 Å². The zero-order valence-electron chi connectivity index (χ0n) is 21.1. The number of aromatic hydroxyl groups is 1. The number of nitrogens with zero attached hydrogens (tertiary/aromatic N) is 2. The van der Waals surface area contributed by atoms with Crippen molar-refractivity contribution >= 4 is 16.8 Å². The van der Waals surface area contributed by atoms with Crippen molar-refractivity contribution in [2.75, 3.05) is 13.1 Å². The molecule has 1 aliphatic heterocycles. The quantitative estimate of drug-likeness (QED) is 0.329. The van der Waals surface area contributed by atoms with Gasteiger partial charge in [-0.05, 0) is 93.1 Å². The Morgan fingerprint density at radius 1 is 1.03 bits per heavy atom. The first-order chi connectivity index (χ1) is 17.9. The molecule has 0 spiro atoms. The lowest BCUT2D eigenvalue weighted by atomic mass is 10.0. The predicted octanol–water partition coefficient (Wildman–Crippen LogP) is 4.26. The molecule has 190 valence electrons. The summed E-state index contributed by atoms with van der Waals surface area (Å²) >= 11 is 0. The van der Waals surface area contributed by atoms with Crippen LogP contribution in [0.15, 0.2) is 47.3 Å². The summed E-state index contributed by atoms with van der Waals surface area (Å²) < 4.78 is 0. The fourth-order valence-electron chi connectivity index (χ4n) is 5.39. The molecule has 3 heterocycles. The molecule has 1 saturated carbocycles. The van der Waals surface area contributed by atoms with Gasteiger partial charge in [-0.3, -0.25) is 9.59 Å². The Kier molecular flexibility index (Phi) is 5.83. The van der Waals surface area contributed by atoms with Gasteiger partial charge in [0.05, 0.1) is 17.0 Å². The number of phenolic OH excluding ortho intramolecular Hbond substituents is 1. The third-order valence-electron chi connectivity index (χ3n) is 7.69. The number of hydrogen-bond donors (Lipinski definition) is 4. The number of carbonyl (C=O) groups is 1. The Hall–Kier alpha value is -3.91. The van der Waals surface area contributed by atoms with Crippen molar-refractivity contribution in [2.45, 2.75) is 51.6 Å². The molecule has 4 aromatic rings. The summed E-state index contributed by atoms with van der Waals surface area (Å²) in [5, 5.41) is 21.0. The SMILES string of the molecule is Cc1cc(-c2cc(-c3cc4cc(C(=O)NC5CCN(C6CC6)CC5)ccc4[nH]3)c(=O)[nH]n2)cc(C)c1O. The number of fused-ring (bicyclic) bond motifs is 1. The van der Waals surface area contributed by atoms with Gasteiger partial charge < -0.3 is 20.3 Å². The highest BCUT2D eigenvalue weighted by molar-refractivity contribution is 5.99. The highest BCUT2D eigenvalue weighted by atomic mass is 16.3. The number of rotatable bonds is 5. The van der Waals surface area contributed by atoms with E-state index in [1.807, 2.05) is 50.2 Å². The van der Waals surface area contributed by atoms with Crippen molar-refractivity contribution in [1.82, 2.24) is 25.4 Å². The third kappa shape index (κ3) is 4.64. The van der Waals surface area contributed by atoms with E-state index in [0.29, 0.717) is 22.5 Å². The summed E-state index contributed by atoms with van der Waals surface area (Å²) in [5.41, 5.74) is 5.16. The van der Waals surface area contributed by atoms with Crippen LogP contribution in [0.2, 0.25) is 0 Å². The molecule has 0 atom stereocenters. The van der Waals surface area contributed by atoms with E-state index >= 15 is 0 Å². The number of aromatic amines is 2. The van der Waals surface area contributed by atoms with E-state index in [1.165, 1.54) is 12.8 Å². The molecule has 2 aliphatic rings. The van der Waals surface area contributed by atoms with Crippen LogP contribution < -0.4 is 10.9 Å². The molecule has 37 heavy (non-hydrogen) atoms. The summed E-state index contributed by atoms with van der Waals surface area (Å²) in [6.07, 6.45) is 4.62. The molecule has 1 saturated heterocycles. The van der Waals surface area contributed by atoms with E-state index in [9.17, 15) is 14.7 Å². The van der Waals surface area contributed by atoms with Crippen LogP contribution in [0, 0.1) is 13.8 Å². The maximum Gasteiger partial charge on any atom is 0.273 e. The van der Waals surface area contributed by atoms with E-state index < -0.39 is 0 Å². The maximum atomic E-state index is 13.0. The summed E-state index contributed by atoms with van der Waals surface area (Å²) in [5.74, 6) is 0.198. The highest BCUT2D eigenvalue weighted by Crippen LogP contribution is 2.31. The van der Waals surface area contributed by atoms with Crippen LogP contribution in [0.25, 0.3) is 33.4 Å². The lowest BCUT2D eigenvalue weighted by molar-refractivity contribution is 0.0909. The number of benzene rings is 2. The molecule has 6 rings (SSSR count). The second-order valence-corrected chi connectivity index (χ2v) is 10.5. The van der Waals surface area contributed by atoms with Gasteiger partial charge in [0.15, 0.2) is 0 Å². The molecule has 0 bridgehead atoms. The largest absolute Gasteiger partial charge is 0.507 e. The first-order valence-electron chi connectivity index (χ1n) is 12.9. The van der Waals surface area contributed by atoms with E-state index in [-0.39, 0.29) is 23.3 Å². The van der Waals surface area contributed by atoms with Crippen LogP contribution in [-0.4, -0.2) is 56.3 Å². The lowest BCUT2D eigenvalue weighted by Gasteiger charge is -2.32.